The number of rotatable bonds is 5. The molecule has 6 nitrogen and oxygen atoms in total. The minimum atomic E-state index is -0.140. The highest BCUT2D eigenvalue weighted by molar-refractivity contribution is 5.79. The van der Waals surface area contributed by atoms with Crippen molar-refractivity contribution in [2.75, 3.05) is 26.8 Å². The van der Waals surface area contributed by atoms with Crippen LogP contribution in [0, 0.1) is 12.8 Å². The second-order valence-electron chi connectivity index (χ2n) is 6.63. The van der Waals surface area contributed by atoms with E-state index in [9.17, 15) is 4.79 Å². The summed E-state index contributed by atoms with van der Waals surface area (Å²) in [6.07, 6.45) is 8.56. The number of aryl methyl sites for hydroxylation is 1. The molecule has 6 heteroatoms. The fraction of sp³-hybridized carbons (Fsp3) is 0.706. The molecule has 126 valence electrons. The van der Waals surface area contributed by atoms with Crippen LogP contribution in [0.1, 0.15) is 43.8 Å². The van der Waals surface area contributed by atoms with E-state index in [1.165, 1.54) is 0 Å². The van der Waals surface area contributed by atoms with Crippen LogP contribution in [0.4, 0.5) is 0 Å². The van der Waals surface area contributed by atoms with Crippen LogP contribution in [0.15, 0.2) is 16.7 Å². The molecule has 0 bridgehead atoms. The highest BCUT2D eigenvalue weighted by Crippen LogP contribution is 2.38. The molecule has 1 fully saturated rings. The Morgan fingerprint density at radius 1 is 1.39 bits per heavy atom. The van der Waals surface area contributed by atoms with Crippen LogP contribution in [0.2, 0.25) is 0 Å². The van der Waals surface area contributed by atoms with Gasteiger partial charge in [0.2, 0.25) is 11.8 Å². The lowest BCUT2D eigenvalue weighted by molar-refractivity contribution is -0.137. The van der Waals surface area contributed by atoms with E-state index in [-0.39, 0.29) is 11.3 Å². The van der Waals surface area contributed by atoms with E-state index in [0.717, 1.165) is 51.0 Å². The molecule has 1 aromatic rings. The Hall–Kier alpha value is -1.69. The summed E-state index contributed by atoms with van der Waals surface area (Å²) in [4.78, 5) is 19.0. The number of allylic oxidation sites excluding steroid dienone is 2. The zero-order chi connectivity index (χ0) is 16.3. The standard InChI is InChI=1S/C17H25N3O3/c1-13-18-16(19-23-13)17(9-12-22-2)7-10-20(11-8-17)15(21)14-5-3-4-6-14/h3-4,14H,5-12H2,1-2H3. The minimum absolute atomic E-state index is 0.140. The third kappa shape index (κ3) is 3.32. The molecular formula is C17H25N3O3. The lowest BCUT2D eigenvalue weighted by Gasteiger charge is -2.40. The lowest BCUT2D eigenvalue weighted by Crippen LogP contribution is -2.47. The van der Waals surface area contributed by atoms with Gasteiger partial charge >= 0.3 is 0 Å². The van der Waals surface area contributed by atoms with Crippen molar-refractivity contribution in [2.24, 2.45) is 5.92 Å². The molecular weight excluding hydrogens is 294 g/mol. The van der Waals surface area contributed by atoms with Crippen molar-refractivity contribution in [1.82, 2.24) is 15.0 Å². The normalized spacial score (nSPS) is 21.0. The first kappa shape index (κ1) is 16.2. The molecule has 1 aromatic heterocycles. The summed E-state index contributed by atoms with van der Waals surface area (Å²) in [6, 6.07) is 0. The molecule has 23 heavy (non-hydrogen) atoms. The molecule has 1 amide bonds. The SMILES string of the molecule is COCCC1(c2noc(C)n2)CCN(C(=O)C2CC=CC2)CC1. The molecule has 1 aliphatic carbocycles. The smallest absolute Gasteiger partial charge is 0.226 e. The number of ether oxygens (including phenoxy) is 1. The second kappa shape index (κ2) is 6.83. The van der Waals surface area contributed by atoms with Gasteiger partial charge in [0.15, 0.2) is 5.82 Å². The molecule has 0 saturated carbocycles. The van der Waals surface area contributed by atoms with Gasteiger partial charge in [-0.1, -0.05) is 17.3 Å². The summed E-state index contributed by atoms with van der Waals surface area (Å²) in [5.74, 6) is 1.79. The average molecular weight is 319 g/mol. The number of hydrogen-bond acceptors (Lipinski definition) is 5. The van der Waals surface area contributed by atoms with Gasteiger partial charge in [-0.05, 0) is 32.1 Å². The number of aromatic nitrogens is 2. The maximum Gasteiger partial charge on any atom is 0.226 e. The van der Waals surface area contributed by atoms with E-state index < -0.39 is 0 Å². The molecule has 0 radical (unpaired) electrons. The summed E-state index contributed by atoms with van der Waals surface area (Å²) in [5, 5.41) is 4.16. The number of amides is 1. The molecule has 0 spiro atoms. The van der Waals surface area contributed by atoms with E-state index in [4.69, 9.17) is 9.26 Å². The number of methoxy groups -OCH3 is 1. The molecule has 0 N–H and O–H groups in total. The van der Waals surface area contributed by atoms with Gasteiger partial charge in [0.05, 0.1) is 0 Å². The number of carbonyl (C=O) groups excluding carboxylic acids is 1. The Kier molecular flexibility index (Phi) is 4.80. The predicted molar refractivity (Wildman–Crippen MR) is 84.9 cm³/mol. The predicted octanol–water partition coefficient (Wildman–Crippen LogP) is 2.24. The minimum Gasteiger partial charge on any atom is -0.385 e. The summed E-state index contributed by atoms with van der Waals surface area (Å²) >= 11 is 0. The zero-order valence-corrected chi connectivity index (χ0v) is 14.0. The van der Waals surface area contributed by atoms with Gasteiger partial charge in [-0.25, -0.2) is 0 Å². The Morgan fingerprint density at radius 2 is 2.09 bits per heavy atom. The molecule has 2 aliphatic rings. The van der Waals surface area contributed by atoms with Gasteiger partial charge < -0.3 is 14.2 Å². The average Bonchev–Trinajstić information content (AvgIpc) is 3.24. The van der Waals surface area contributed by atoms with Gasteiger partial charge in [-0.3, -0.25) is 4.79 Å². The number of nitrogens with zero attached hydrogens (tertiary/aromatic N) is 3. The van der Waals surface area contributed by atoms with Crippen molar-refractivity contribution >= 4 is 5.91 Å². The third-order valence-electron chi connectivity index (χ3n) is 5.18. The van der Waals surface area contributed by atoms with Crippen molar-refractivity contribution in [1.29, 1.82) is 0 Å². The molecule has 2 heterocycles. The summed E-state index contributed by atoms with van der Waals surface area (Å²) < 4.78 is 10.5. The van der Waals surface area contributed by atoms with Crippen LogP contribution in [0.25, 0.3) is 0 Å². The zero-order valence-electron chi connectivity index (χ0n) is 14.0. The van der Waals surface area contributed by atoms with Crippen LogP contribution < -0.4 is 0 Å². The molecule has 1 saturated heterocycles. The fourth-order valence-corrected chi connectivity index (χ4v) is 3.63. The third-order valence-corrected chi connectivity index (χ3v) is 5.18. The van der Waals surface area contributed by atoms with Crippen molar-refractivity contribution in [3.8, 4) is 0 Å². The van der Waals surface area contributed by atoms with Gasteiger partial charge in [-0.2, -0.15) is 4.98 Å². The summed E-state index contributed by atoms with van der Waals surface area (Å²) in [5.41, 5.74) is -0.140. The van der Waals surface area contributed by atoms with Crippen molar-refractivity contribution in [3.05, 3.63) is 23.9 Å². The quantitative estimate of drug-likeness (QED) is 0.779. The maximum atomic E-state index is 12.6. The van der Waals surface area contributed by atoms with Gasteiger partial charge in [0.25, 0.3) is 0 Å². The molecule has 0 aromatic carbocycles. The first-order valence-corrected chi connectivity index (χ1v) is 8.38. The monoisotopic (exact) mass is 319 g/mol. The van der Waals surface area contributed by atoms with Crippen LogP contribution >= 0.6 is 0 Å². The highest BCUT2D eigenvalue weighted by Gasteiger charge is 2.41. The molecule has 1 aliphatic heterocycles. The Labute approximate surface area is 136 Å². The first-order valence-electron chi connectivity index (χ1n) is 8.38. The van der Waals surface area contributed by atoms with Crippen molar-refractivity contribution in [3.63, 3.8) is 0 Å². The van der Waals surface area contributed by atoms with Crippen molar-refractivity contribution < 1.29 is 14.1 Å². The fourth-order valence-electron chi connectivity index (χ4n) is 3.63. The van der Waals surface area contributed by atoms with Crippen LogP contribution in [-0.4, -0.2) is 47.8 Å². The molecule has 3 rings (SSSR count). The molecule has 0 unspecified atom stereocenters. The van der Waals surface area contributed by atoms with Gasteiger partial charge in [-0.15, -0.1) is 0 Å². The first-order chi connectivity index (χ1) is 11.1. The largest absolute Gasteiger partial charge is 0.385 e. The van der Waals surface area contributed by atoms with Crippen LogP contribution in [-0.2, 0) is 14.9 Å². The van der Waals surface area contributed by atoms with E-state index in [2.05, 4.69) is 22.3 Å². The topological polar surface area (TPSA) is 68.5 Å². The van der Waals surface area contributed by atoms with Crippen LogP contribution in [0.3, 0.4) is 0 Å². The van der Waals surface area contributed by atoms with E-state index >= 15 is 0 Å². The summed E-state index contributed by atoms with van der Waals surface area (Å²) in [7, 11) is 1.71. The highest BCUT2D eigenvalue weighted by atomic mass is 16.5. The number of carbonyl (C=O) groups is 1. The van der Waals surface area contributed by atoms with Gasteiger partial charge in [0, 0.05) is 45.1 Å². The van der Waals surface area contributed by atoms with E-state index in [1.54, 1.807) is 7.11 Å². The summed E-state index contributed by atoms with van der Waals surface area (Å²) in [6.45, 7) is 3.99. The van der Waals surface area contributed by atoms with E-state index in [1.807, 2.05) is 11.8 Å². The Bertz CT molecular complexity index is 565. The number of hydrogen-bond donors (Lipinski definition) is 0. The lowest BCUT2D eigenvalue weighted by atomic mass is 9.75. The number of piperidine rings is 1. The van der Waals surface area contributed by atoms with Crippen LogP contribution in [0.5, 0.6) is 0 Å². The number of likely N-dealkylation sites (tertiary alicyclic amines) is 1. The maximum absolute atomic E-state index is 12.6. The van der Waals surface area contributed by atoms with Crippen molar-refractivity contribution in [2.45, 2.75) is 44.4 Å². The van der Waals surface area contributed by atoms with Gasteiger partial charge in [0.1, 0.15) is 0 Å². The Balaban J connectivity index is 1.68. The molecule has 0 atom stereocenters. The van der Waals surface area contributed by atoms with E-state index in [0.29, 0.717) is 18.4 Å². The Morgan fingerprint density at radius 3 is 2.65 bits per heavy atom. The second-order valence-corrected chi connectivity index (χ2v) is 6.63.